The van der Waals surface area contributed by atoms with Crippen molar-refractivity contribution in [3.05, 3.63) is 93.6 Å². The van der Waals surface area contributed by atoms with E-state index in [1.807, 2.05) is 0 Å². The van der Waals surface area contributed by atoms with Crippen molar-refractivity contribution in [3.63, 3.8) is 0 Å². The van der Waals surface area contributed by atoms with Crippen LogP contribution in [0.5, 0.6) is 17.2 Å². The third-order valence-corrected chi connectivity index (χ3v) is 17.0. The molecule has 12 N–H and O–H groups in total. The van der Waals surface area contributed by atoms with Gasteiger partial charge in [-0.15, -0.1) is 0 Å². The molecule has 4 aliphatic rings. The maximum absolute atomic E-state index is 14.1. The molecule has 566 valence electrons. The summed E-state index contributed by atoms with van der Waals surface area (Å²) in [4.78, 5) is 131. The number of phenols is 2. The Kier molecular flexibility index (Phi) is 32.5. The Morgan fingerprint density at radius 2 is 1.28 bits per heavy atom. The van der Waals surface area contributed by atoms with E-state index in [0.29, 0.717) is 84.8 Å². The minimum Gasteiger partial charge on any atom is -0.507 e. The monoisotopic (exact) mass is 1450 g/mol. The first kappa shape index (κ1) is 81.7. The molecule has 8 atom stereocenters. The molecule has 0 bridgehead atoms. The summed E-state index contributed by atoms with van der Waals surface area (Å²) in [5, 5.41) is 69.6. The first-order valence-corrected chi connectivity index (χ1v) is 33.8. The highest BCUT2D eigenvalue weighted by Crippen LogP contribution is 2.52. The number of hydrogen-bond donors (Lipinski definition) is 11. The predicted octanol–water partition coefficient (Wildman–Crippen LogP) is 0.429. The lowest BCUT2D eigenvalue weighted by Gasteiger charge is -2.42. The number of urea groups is 1. The van der Waals surface area contributed by atoms with E-state index in [2.05, 4.69) is 26.6 Å². The molecule has 8 amide bonds. The van der Waals surface area contributed by atoms with Gasteiger partial charge in [-0.1, -0.05) is 38.1 Å². The van der Waals surface area contributed by atoms with Crippen LogP contribution < -0.4 is 37.1 Å². The quantitative estimate of drug-likeness (QED) is 0.0162. The third kappa shape index (κ3) is 23.7. The van der Waals surface area contributed by atoms with E-state index < -0.39 is 144 Å². The van der Waals surface area contributed by atoms with Crippen molar-refractivity contribution in [3.8, 4) is 17.2 Å². The number of carbonyl (C=O) groups excluding carboxylic acids is 10. The van der Waals surface area contributed by atoms with Gasteiger partial charge in [-0.3, -0.25) is 43.3 Å². The number of nitrogens with one attached hydrogen (secondary N) is 5. The fourth-order valence-electron chi connectivity index (χ4n) is 11.6. The number of Topliss-reactive ketones (excluding diaryl/α,β-unsaturated/α-hetero) is 1. The number of carbonyl (C=O) groups is 10. The summed E-state index contributed by atoms with van der Waals surface area (Å²) in [6, 6.07) is 6.23. The Morgan fingerprint density at radius 1 is 0.718 bits per heavy atom. The zero-order chi connectivity index (χ0) is 74.6. The molecule has 2 aliphatic carbocycles. The molecular weight excluding hydrogens is 1360 g/mol. The van der Waals surface area contributed by atoms with E-state index in [4.69, 9.17) is 62.6 Å². The second kappa shape index (κ2) is 41.0. The number of fused-ring (bicyclic) bond motifs is 3. The average Bonchev–Trinajstić information content (AvgIpc) is 0.912. The van der Waals surface area contributed by atoms with Gasteiger partial charge >= 0.3 is 12.1 Å². The maximum Gasteiger partial charge on any atom is 0.407 e. The SMILES string of the molecule is COc1cccc2c1C(=O)c1c(O)c3c(c(O)c1C2=O)C[C@@](O)(C(=O)CO)C[C@@H]3O[C@@H]1C[C@H](NC(=O)OCc2ccc(NC(=O)[C@H](CCCNC(N)=O)NC(=O)[C@@H](NC(=O)CCOCCOCCOCCOCCOCCOCCOCCOCCN3C(=O)C=CC3=O)C(C)C)cc2)[C@H](O)[C@H](C)O1. The molecule has 3 aromatic rings. The van der Waals surface area contributed by atoms with E-state index >= 15 is 0 Å². The van der Waals surface area contributed by atoms with Crippen molar-refractivity contribution in [1.82, 2.24) is 26.2 Å². The predicted molar refractivity (Wildman–Crippen MR) is 359 cm³/mol. The van der Waals surface area contributed by atoms with Gasteiger partial charge in [0, 0.05) is 66.8 Å². The van der Waals surface area contributed by atoms with Gasteiger partial charge in [-0.05, 0) is 49.4 Å². The van der Waals surface area contributed by atoms with Gasteiger partial charge in [0.2, 0.25) is 23.5 Å². The van der Waals surface area contributed by atoms with Crippen LogP contribution in [-0.2, 0) is 93.9 Å². The number of anilines is 1. The highest BCUT2D eigenvalue weighted by Gasteiger charge is 2.51. The fraction of sp³-hybridized carbons (Fsp3) is 0.565. The number of phenolic OH excluding ortho intramolecular Hbond substituents is 2. The van der Waals surface area contributed by atoms with Gasteiger partial charge in [-0.25, -0.2) is 9.59 Å². The van der Waals surface area contributed by atoms with Gasteiger partial charge in [0.1, 0.15) is 54.3 Å². The number of aromatic hydroxyl groups is 2. The number of hydrogen-bond acceptors (Lipinski definition) is 27. The van der Waals surface area contributed by atoms with Gasteiger partial charge < -0.3 is 115 Å². The molecular formula is C69H93N7O27. The minimum absolute atomic E-state index is 0.0163. The summed E-state index contributed by atoms with van der Waals surface area (Å²) in [6.07, 6.45) is -5.35. The highest BCUT2D eigenvalue weighted by atomic mass is 16.7. The number of ether oxygens (including phenoxy) is 12. The molecule has 7 rings (SSSR count). The first-order valence-electron chi connectivity index (χ1n) is 33.8. The number of aliphatic hydroxyl groups is 3. The Morgan fingerprint density at radius 3 is 1.83 bits per heavy atom. The lowest BCUT2D eigenvalue weighted by molar-refractivity contribution is -0.249. The van der Waals surface area contributed by atoms with Crippen molar-refractivity contribution >= 4 is 64.7 Å². The smallest absolute Gasteiger partial charge is 0.407 e. The normalized spacial score (nSPS) is 19.7. The standard InChI is InChI=1S/C69H93N7O27/c1-40(2)59(75-51(79)16-19-93-21-23-95-25-27-97-29-31-99-33-34-100-32-30-98-28-26-96-24-22-94-20-18-76-52(80)14-15-53(76)81)66(88)73-46(8-6-17-71-67(70)89)65(87)72-43-12-10-42(11-13-43)39-101-68(90)74-47-35-54(102-41(3)60(47)82)103-49-37-69(91,50(78)38-77)36-45-56(49)64(86)58-57(62(45)84)61(83)44-7-5-9-48(92-4)55(44)63(58)85/h5,7,9-15,40-41,46-47,49,54,59-60,77,82,84,86,91H,6,8,16-39H2,1-4H3,(H,72,87)(H,73,88)(H,74,90)(H,75,79)(H3,70,71,89)/t41-,46-,47-,49-,54+,59-,60+,69-/m0/s1. The zero-order valence-corrected chi connectivity index (χ0v) is 57.9. The van der Waals surface area contributed by atoms with Crippen LogP contribution in [-0.4, -0.2) is 264 Å². The van der Waals surface area contributed by atoms with Crippen LogP contribution in [0.3, 0.4) is 0 Å². The highest BCUT2D eigenvalue weighted by molar-refractivity contribution is 6.31. The van der Waals surface area contributed by atoms with Crippen molar-refractivity contribution in [2.24, 2.45) is 11.7 Å². The van der Waals surface area contributed by atoms with Gasteiger partial charge in [0.25, 0.3) is 11.8 Å². The molecule has 0 saturated carbocycles. The third-order valence-electron chi connectivity index (χ3n) is 17.0. The summed E-state index contributed by atoms with van der Waals surface area (Å²) >= 11 is 0. The number of alkyl carbamates (subject to hydrolysis) is 1. The summed E-state index contributed by atoms with van der Waals surface area (Å²) < 4.78 is 66.9. The van der Waals surface area contributed by atoms with E-state index in [1.54, 1.807) is 26.0 Å². The van der Waals surface area contributed by atoms with Crippen molar-refractivity contribution in [2.75, 3.05) is 138 Å². The van der Waals surface area contributed by atoms with E-state index in [-0.39, 0.29) is 117 Å². The molecule has 0 radical (unpaired) electrons. The molecule has 0 spiro atoms. The van der Waals surface area contributed by atoms with Gasteiger partial charge in [0.15, 0.2) is 17.9 Å². The van der Waals surface area contributed by atoms with Crippen molar-refractivity contribution in [1.29, 1.82) is 0 Å². The number of imide groups is 1. The number of nitrogens with zero attached hydrogens (tertiary/aromatic N) is 1. The van der Waals surface area contributed by atoms with Gasteiger partial charge in [-0.2, -0.15) is 0 Å². The Hall–Kier alpha value is -8.62. The number of ketones is 3. The molecule has 3 aromatic carbocycles. The summed E-state index contributed by atoms with van der Waals surface area (Å²) in [7, 11) is 1.28. The second-order valence-corrected chi connectivity index (χ2v) is 24.6. The number of rotatable bonds is 45. The molecule has 1 saturated heterocycles. The number of nitrogens with two attached hydrogens (primary N) is 1. The van der Waals surface area contributed by atoms with Gasteiger partial charge in [0.05, 0.1) is 154 Å². The Bertz CT molecular complexity index is 3430. The topological polar surface area (TPSA) is 472 Å². The lowest BCUT2D eigenvalue weighted by atomic mass is 9.72. The van der Waals surface area contributed by atoms with Crippen molar-refractivity contribution < 1.29 is 130 Å². The zero-order valence-electron chi connectivity index (χ0n) is 57.9. The molecule has 2 heterocycles. The maximum atomic E-state index is 14.1. The number of amides is 8. The Labute approximate surface area is 593 Å². The summed E-state index contributed by atoms with van der Waals surface area (Å²) in [6.45, 7) is 8.76. The van der Waals surface area contributed by atoms with E-state index in [1.165, 1.54) is 56.5 Å². The fourth-order valence-corrected chi connectivity index (χ4v) is 11.6. The van der Waals surface area contributed by atoms with Crippen LogP contribution in [0.4, 0.5) is 15.3 Å². The number of benzene rings is 3. The number of methoxy groups -OCH3 is 1. The molecule has 103 heavy (non-hydrogen) atoms. The number of primary amides is 1. The molecule has 0 aromatic heterocycles. The second-order valence-electron chi connectivity index (χ2n) is 24.6. The molecule has 0 unspecified atom stereocenters. The van der Waals surface area contributed by atoms with Crippen LogP contribution in [0.2, 0.25) is 0 Å². The van der Waals surface area contributed by atoms with E-state index in [0.717, 1.165) is 4.90 Å². The van der Waals surface area contributed by atoms with Crippen LogP contribution in [0, 0.1) is 5.92 Å². The van der Waals surface area contributed by atoms with Crippen LogP contribution in [0.15, 0.2) is 54.6 Å². The Balaban J connectivity index is 0.780. The first-order chi connectivity index (χ1) is 49.5. The van der Waals surface area contributed by atoms with E-state index in [9.17, 15) is 73.5 Å². The summed E-state index contributed by atoms with van der Waals surface area (Å²) in [5.74, 6) is -7.25. The van der Waals surface area contributed by atoms with Crippen LogP contribution in [0.1, 0.15) is 108 Å². The molecule has 34 heteroatoms. The minimum atomic E-state index is -2.43. The molecule has 34 nitrogen and oxygen atoms in total. The molecule has 1 fully saturated rings. The number of aliphatic hydroxyl groups excluding tert-OH is 2. The lowest BCUT2D eigenvalue weighted by Crippen LogP contribution is -2.56. The van der Waals surface area contributed by atoms with Crippen molar-refractivity contribution in [2.45, 2.75) is 114 Å². The van der Waals surface area contributed by atoms with Crippen LogP contribution in [0.25, 0.3) is 0 Å². The average molecular weight is 1450 g/mol. The summed E-state index contributed by atoms with van der Waals surface area (Å²) in [5.41, 5.74) is 1.50. The van der Waals surface area contributed by atoms with Crippen LogP contribution >= 0.6 is 0 Å². The largest absolute Gasteiger partial charge is 0.507 e. The molecule has 2 aliphatic heterocycles.